The summed E-state index contributed by atoms with van der Waals surface area (Å²) in [5, 5.41) is 9.73. The molecule has 6 nitrogen and oxygen atoms in total. The third-order valence-electron chi connectivity index (χ3n) is 6.45. The monoisotopic (exact) mass is 486 g/mol. The van der Waals surface area contributed by atoms with Crippen LogP contribution in [0, 0.1) is 18.3 Å². The number of amides is 1. The highest BCUT2D eigenvalue weighted by molar-refractivity contribution is 8.26. The van der Waals surface area contributed by atoms with Crippen molar-refractivity contribution in [2.75, 3.05) is 24.5 Å². The normalized spacial score (nSPS) is 18.2. The van der Waals surface area contributed by atoms with Gasteiger partial charge in [-0.3, -0.25) is 19.1 Å². The van der Waals surface area contributed by atoms with Crippen LogP contribution >= 0.6 is 24.0 Å². The van der Waals surface area contributed by atoms with Gasteiger partial charge in [0.1, 0.15) is 21.8 Å². The van der Waals surface area contributed by atoms with Gasteiger partial charge in [-0.05, 0) is 44.7 Å². The lowest BCUT2D eigenvalue weighted by Gasteiger charge is -2.29. The summed E-state index contributed by atoms with van der Waals surface area (Å²) in [6.07, 6.45) is 10.7. The van der Waals surface area contributed by atoms with Crippen LogP contribution in [-0.2, 0) is 11.3 Å². The second-order valence-corrected chi connectivity index (χ2v) is 10.4. The van der Waals surface area contributed by atoms with Crippen molar-refractivity contribution in [3.05, 3.63) is 31.9 Å². The predicted octanol–water partition coefficient (Wildman–Crippen LogP) is 5.21. The minimum atomic E-state index is -0.252. The number of nitrogens with zero attached hydrogens (tertiary/aromatic N) is 4. The molecular weight excluding hydrogens is 452 g/mol. The maximum absolute atomic E-state index is 13.2. The van der Waals surface area contributed by atoms with Crippen molar-refractivity contribution < 1.29 is 4.79 Å². The van der Waals surface area contributed by atoms with Gasteiger partial charge in [0, 0.05) is 31.7 Å². The Hall–Kier alpha value is -2.11. The van der Waals surface area contributed by atoms with E-state index in [9.17, 15) is 14.9 Å². The fourth-order valence-electron chi connectivity index (χ4n) is 4.58. The van der Waals surface area contributed by atoms with Crippen LogP contribution in [0.1, 0.15) is 81.9 Å². The van der Waals surface area contributed by atoms with Crippen molar-refractivity contribution in [3.8, 4) is 6.07 Å². The zero-order valence-corrected chi connectivity index (χ0v) is 21.6. The number of aromatic nitrogens is 1. The lowest BCUT2D eigenvalue weighted by molar-refractivity contribution is -0.122. The van der Waals surface area contributed by atoms with E-state index in [1.54, 1.807) is 9.47 Å². The summed E-state index contributed by atoms with van der Waals surface area (Å²) in [5.41, 5.74) is 1.33. The molecule has 2 fully saturated rings. The maximum atomic E-state index is 13.2. The van der Waals surface area contributed by atoms with Crippen molar-refractivity contribution in [3.63, 3.8) is 0 Å². The average molecular weight is 487 g/mol. The Morgan fingerprint density at radius 3 is 2.39 bits per heavy atom. The number of thioether (sulfide) groups is 1. The van der Waals surface area contributed by atoms with Crippen LogP contribution in [0.15, 0.2) is 9.70 Å². The van der Waals surface area contributed by atoms with E-state index in [-0.39, 0.29) is 17.0 Å². The SMILES string of the molecule is CCCCCCN1C(=O)C(=Cc2c(C)c(C#N)c(=O)n(CC)c2N2CCCCCC2)SC1=S. The first-order chi connectivity index (χ1) is 15.9. The fraction of sp³-hybridized carbons (Fsp3) is 0.600. The minimum Gasteiger partial charge on any atom is -0.357 e. The van der Waals surface area contributed by atoms with Gasteiger partial charge in [-0.15, -0.1) is 0 Å². The first-order valence-electron chi connectivity index (χ1n) is 12.1. The van der Waals surface area contributed by atoms with Gasteiger partial charge in [0.05, 0.1) is 4.91 Å². The molecule has 0 saturated carbocycles. The number of carbonyl (C=O) groups excluding carboxylic acids is 1. The van der Waals surface area contributed by atoms with E-state index in [2.05, 4.69) is 17.9 Å². The van der Waals surface area contributed by atoms with Crippen LogP contribution in [-0.4, -0.2) is 39.3 Å². The van der Waals surface area contributed by atoms with E-state index in [0.29, 0.717) is 27.9 Å². The molecule has 1 aromatic heterocycles. The van der Waals surface area contributed by atoms with Gasteiger partial charge in [0.25, 0.3) is 11.5 Å². The molecule has 1 amide bonds. The van der Waals surface area contributed by atoms with Crippen LogP contribution in [0.4, 0.5) is 5.82 Å². The second-order valence-electron chi connectivity index (χ2n) is 8.69. The molecule has 3 heterocycles. The van der Waals surface area contributed by atoms with E-state index >= 15 is 0 Å². The zero-order valence-electron chi connectivity index (χ0n) is 20.0. The Bertz CT molecular complexity index is 1030. The zero-order chi connectivity index (χ0) is 24.0. The number of anilines is 1. The first kappa shape index (κ1) is 25.5. The van der Waals surface area contributed by atoms with Gasteiger partial charge >= 0.3 is 0 Å². The van der Waals surface area contributed by atoms with Crippen molar-refractivity contribution in [2.45, 2.75) is 78.7 Å². The van der Waals surface area contributed by atoms with E-state index in [4.69, 9.17) is 12.2 Å². The molecule has 0 unspecified atom stereocenters. The van der Waals surface area contributed by atoms with Crippen LogP contribution in [0.2, 0.25) is 0 Å². The Balaban J connectivity index is 2.07. The Morgan fingerprint density at radius 2 is 1.79 bits per heavy atom. The number of carbonyl (C=O) groups is 1. The molecule has 178 valence electrons. The van der Waals surface area contributed by atoms with Gasteiger partial charge in [0.15, 0.2) is 0 Å². The standard InChI is InChI=1S/C25H34N4O2S2/c1-4-6-7-12-15-29-24(31)21(33-25(29)32)16-19-18(3)20(17-26)23(30)28(5-2)22(19)27-13-10-8-9-11-14-27/h16H,4-15H2,1-3H3. The minimum absolute atomic E-state index is 0.0736. The number of pyridine rings is 1. The highest BCUT2D eigenvalue weighted by atomic mass is 32.2. The molecule has 0 bridgehead atoms. The highest BCUT2D eigenvalue weighted by Gasteiger charge is 2.33. The molecule has 33 heavy (non-hydrogen) atoms. The second kappa shape index (κ2) is 11.8. The molecular formula is C25H34N4O2S2. The maximum Gasteiger partial charge on any atom is 0.270 e. The molecule has 8 heteroatoms. The molecule has 0 aromatic carbocycles. The van der Waals surface area contributed by atoms with E-state index in [0.717, 1.165) is 63.0 Å². The van der Waals surface area contributed by atoms with Gasteiger partial charge in [-0.2, -0.15) is 5.26 Å². The molecule has 0 aliphatic carbocycles. The molecule has 0 N–H and O–H groups in total. The van der Waals surface area contributed by atoms with Crippen LogP contribution < -0.4 is 10.5 Å². The Morgan fingerprint density at radius 1 is 1.09 bits per heavy atom. The number of rotatable bonds is 8. The van der Waals surface area contributed by atoms with Crippen molar-refractivity contribution in [2.24, 2.45) is 0 Å². The highest BCUT2D eigenvalue weighted by Crippen LogP contribution is 2.36. The summed E-state index contributed by atoms with van der Waals surface area (Å²) in [6, 6.07) is 2.11. The van der Waals surface area contributed by atoms with Crippen molar-refractivity contribution in [1.29, 1.82) is 5.26 Å². The quantitative estimate of drug-likeness (QED) is 0.285. The van der Waals surface area contributed by atoms with Crippen LogP contribution in [0.3, 0.4) is 0 Å². The summed E-state index contributed by atoms with van der Waals surface area (Å²) >= 11 is 6.84. The third-order valence-corrected chi connectivity index (χ3v) is 7.83. The van der Waals surface area contributed by atoms with Crippen LogP contribution in [0.25, 0.3) is 6.08 Å². The van der Waals surface area contributed by atoms with Gasteiger partial charge in [-0.1, -0.05) is 63.0 Å². The Kier molecular flexibility index (Phi) is 9.16. The molecule has 2 saturated heterocycles. The van der Waals surface area contributed by atoms with Gasteiger partial charge < -0.3 is 4.90 Å². The average Bonchev–Trinajstić information content (AvgIpc) is 2.97. The molecule has 0 atom stereocenters. The number of hydrogen-bond acceptors (Lipinski definition) is 6. The van der Waals surface area contributed by atoms with Crippen molar-refractivity contribution >= 4 is 46.1 Å². The van der Waals surface area contributed by atoms with Crippen LogP contribution in [0.5, 0.6) is 0 Å². The smallest absolute Gasteiger partial charge is 0.270 e. The summed E-state index contributed by atoms with van der Waals surface area (Å²) in [4.78, 5) is 30.9. The summed E-state index contributed by atoms with van der Waals surface area (Å²) in [7, 11) is 0. The van der Waals surface area contributed by atoms with E-state index in [1.165, 1.54) is 24.6 Å². The summed E-state index contributed by atoms with van der Waals surface area (Å²) in [6.45, 7) is 8.75. The number of thiocarbonyl (C=S) groups is 1. The molecule has 2 aliphatic heterocycles. The molecule has 3 rings (SSSR count). The molecule has 1 aromatic rings. The number of hydrogen-bond donors (Lipinski definition) is 0. The predicted molar refractivity (Wildman–Crippen MR) is 141 cm³/mol. The molecule has 2 aliphatic rings. The number of unbranched alkanes of at least 4 members (excludes halogenated alkanes) is 3. The van der Waals surface area contributed by atoms with Gasteiger partial charge in [0.2, 0.25) is 0 Å². The summed E-state index contributed by atoms with van der Waals surface area (Å²) in [5.74, 6) is 0.754. The van der Waals surface area contributed by atoms with Crippen molar-refractivity contribution in [1.82, 2.24) is 9.47 Å². The Labute approximate surface area is 206 Å². The largest absolute Gasteiger partial charge is 0.357 e. The number of nitriles is 1. The third kappa shape index (κ3) is 5.52. The topological polar surface area (TPSA) is 69.3 Å². The summed E-state index contributed by atoms with van der Waals surface area (Å²) < 4.78 is 2.29. The van der Waals surface area contributed by atoms with E-state index < -0.39 is 0 Å². The van der Waals surface area contributed by atoms with E-state index in [1.807, 2.05) is 19.9 Å². The fourth-order valence-corrected chi connectivity index (χ4v) is 5.87. The lowest BCUT2D eigenvalue weighted by Crippen LogP contribution is -2.35. The van der Waals surface area contributed by atoms with Gasteiger partial charge in [-0.25, -0.2) is 0 Å². The molecule has 0 radical (unpaired) electrons. The first-order valence-corrected chi connectivity index (χ1v) is 13.3. The molecule has 0 spiro atoms. The lowest BCUT2D eigenvalue weighted by atomic mass is 10.0.